The van der Waals surface area contributed by atoms with Gasteiger partial charge in [0.05, 0.1) is 17.9 Å². The monoisotopic (exact) mass is 386 g/mol. The Balaban J connectivity index is 2.12. The van der Waals surface area contributed by atoms with Crippen LogP contribution in [0.3, 0.4) is 0 Å². The predicted molar refractivity (Wildman–Crippen MR) is 82.6 cm³/mol. The molecule has 104 valence electrons. The zero-order valence-corrected chi connectivity index (χ0v) is 12.8. The summed E-state index contributed by atoms with van der Waals surface area (Å²) in [5, 5.41) is 3.06. The molecule has 0 aliphatic heterocycles. The van der Waals surface area contributed by atoms with Gasteiger partial charge in [-0.15, -0.1) is 0 Å². The van der Waals surface area contributed by atoms with Crippen LogP contribution in [0.1, 0.15) is 17.3 Å². The SMILES string of the molecule is CCOC(=O)c1ccc(Nc2ccc(F)cc2I)nc1. The summed E-state index contributed by atoms with van der Waals surface area (Å²) in [5.41, 5.74) is 1.15. The Hall–Kier alpha value is -1.70. The third-order valence-corrected chi connectivity index (χ3v) is 3.36. The lowest BCUT2D eigenvalue weighted by Crippen LogP contribution is -2.05. The maximum absolute atomic E-state index is 13.0. The number of nitrogens with zero attached hydrogens (tertiary/aromatic N) is 1. The summed E-state index contributed by atoms with van der Waals surface area (Å²) in [5.74, 6) is -0.115. The molecule has 0 saturated heterocycles. The van der Waals surface area contributed by atoms with E-state index in [4.69, 9.17) is 4.74 Å². The molecule has 0 aliphatic rings. The van der Waals surface area contributed by atoms with Gasteiger partial charge in [0.25, 0.3) is 0 Å². The molecule has 0 fully saturated rings. The first-order valence-corrected chi connectivity index (χ1v) is 7.03. The molecule has 0 saturated carbocycles. The summed E-state index contributed by atoms with van der Waals surface area (Å²) in [4.78, 5) is 15.6. The first kappa shape index (κ1) is 14.7. The van der Waals surface area contributed by atoms with Crippen LogP contribution in [-0.4, -0.2) is 17.6 Å². The molecule has 0 spiro atoms. The number of nitrogens with one attached hydrogen (secondary N) is 1. The lowest BCUT2D eigenvalue weighted by Gasteiger charge is -2.08. The maximum Gasteiger partial charge on any atom is 0.339 e. The van der Waals surface area contributed by atoms with Crippen molar-refractivity contribution in [3.05, 3.63) is 51.5 Å². The number of rotatable bonds is 4. The topological polar surface area (TPSA) is 51.2 Å². The Bertz CT molecular complexity index is 617. The summed E-state index contributed by atoms with van der Waals surface area (Å²) in [6.45, 7) is 2.07. The molecule has 0 aliphatic carbocycles. The number of halogens is 2. The van der Waals surface area contributed by atoms with Crippen molar-refractivity contribution < 1.29 is 13.9 Å². The van der Waals surface area contributed by atoms with E-state index in [1.165, 1.54) is 18.3 Å². The van der Waals surface area contributed by atoms with E-state index in [9.17, 15) is 9.18 Å². The number of aromatic nitrogens is 1. The Labute approximate surface area is 129 Å². The Kier molecular flexibility index (Phi) is 4.89. The van der Waals surface area contributed by atoms with Gasteiger partial charge in [-0.05, 0) is 59.8 Å². The zero-order chi connectivity index (χ0) is 14.5. The number of hydrogen-bond donors (Lipinski definition) is 1. The molecule has 1 heterocycles. The van der Waals surface area contributed by atoms with Gasteiger partial charge in [-0.1, -0.05) is 0 Å². The molecule has 4 nitrogen and oxygen atoms in total. The number of benzene rings is 1. The molecule has 0 unspecified atom stereocenters. The fourth-order valence-electron chi connectivity index (χ4n) is 1.53. The Morgan fingerprint density at radius 1 is 1.40 bits per heavy atom. The first-order chi connectivity index (χ1) is 9.60. The number of carbonyl (C=O) groups excluding carboxylic acids is 1. The van der Waals surface area contributed by atoms with Gasteiger partial charge in [-0.25, -0.2) is 14.2 Å². The number of carbonyl (C=O) groups is 1. The van der Waals surface area contributed by atoms with Crippen LogP contribution in [0, 0.1) is 9.39 Å². The van der Waals surface area contributed by atoms with Gasteiger partial charge in [0.15, 0.2) is 0 Å². The van der Waals surface area contributed by atoms with Crippen molar-refractivity contribution in [1.82, 2.24) is 4.98 Å². The van der Waals surface area contributed by atoms with Crippen LogP contribution in [0.5, 0.6) is 0 Å². The van der Waals surface area contributed by atoms with Crippen molar-refractivity contribution in [3.63, 3.8) is 0 Å². The van der Waals surface area contributed by atoms with E-state index in [0.717, 1.165) is 9.26 Å². The van der Waals surface area contributed by atoms with Gasteiger partial charge < -0.3 is 10.1 Å². The van der Waals surface area contributed by atoms with Gasteiger partial charge in [-0.2, -0.15) is 0 Å². The standard InChI is InChI=1S/C14H12FIN2O2/c1-2-20-14(19)9-3-6-13(17-8-9)18-12-5-4-10(15)7-11(12)16/h3-8H,2H2,1H3,(H,17,18). The van der Waals surface area contributed by atoms with E-state index in [0.29, 0.717) is 18.0 Å². The second-order valence-electron chi connectivity index (χ2n) is 3.90. The van der Waals surface area contributed by atoms with Crippen LogP contribution in [0.4, 0.5) is 15.9 Å². The van der Waals surface area contributed by atoms with Gasteiger partial charge >= 0.3 is 5.97 Å². The van der Waals surface area contributed by atoms with Gasteiger partial charge in [0, 0.05) is 9.77 Å². The highest BCUT2D eigenvalue weighted by atomic mass is 127. The number of ether oxygens (including phenoxy) is 1. The molecular formula is C14H12FIN2O2. The normalized spacial score (nSPS) is 10.2. The van der Waals surface area contributed by atoms with Crippen molar-refractivity contribution >= 4 is 40.1 Å². The first-order valence-electron chi connectivity index (χ1n) is 5.95. The highest BCUT2D eigenvalue weighted by Crippen LogP contribution is 2.22. The molecule has 2 rings (SSSR count). The quantitative estimate of drug-likeness (QED) is 0.643. The predicted octanol–water partition coefficient (Wildman–Crippen LogP) is 3.75. The second kappa shape index (κ2) is 6.65. The largest absolute Gasteiger partial charge is 0.462 e. The van der Waals surface area contributed by atoms with Crippen LogP contribution in [-0.2, 0) is 4.74 Å². The lowest BCUT2D eigenvalue weighted by atomic mass is 10.2. The van der Waals surface area contributed by atoms with Crippen molar-refractivity contribution in [3.8, 4) is 0 Å². The van der Waals surface area contributed by atoms with E-state index in [2.05, 4.69) is 10.3 Å². The van der Waals surface area contributed by atoms with E-state index in [-0.39, 0.29) is 5.82 Å². The lowest BCUT2D eigenvalue weighted by molar-refractivity contribution is 0.0526. The molecule has 0 amide bonds. The number of esters is 1. The molecule has 0 bridgehead atoms. The fourth-order valence-corrected chi connectivity index (χ4v) is 2.14. The molecule has 0 radical (unpaired) electrons. The van der Waals surface area contributed by atoms with Crippen molar-refractivity contribution in [1.29, 1.82) is 0 Å². The molecule has 1 aromatic carbocycles. The highest BCUT2D eigenvalue weighted by Gasteiger charge is 2.07. The van der Waals surface area contributed by atoms with Gasteiger partial charge in [0.2, 0.25) is 0 Å². The Morgan fingerprint density at radius 3 is 2.80 bits per heavy atom. The number of anilines is 2. The minimum absolute atomic E-state index is 0.287. The zero-order valence-electron chi connectivity index (χ0n) is 10.7. The molecule has 2 aromatic rings. The van der Waals surface area contributed by atoms with Crippen molar-refractivity contribution in [2.45, 2.75) is 6.92 Å². The smallest absolute Gasteiger partial charge is 0.339 e. The van der Waals surface area contributed by atoms with Crippen molar-refractivity contribution in [2.24, 2.45) is 0 Å². The van der Waals surface area contributed by atoms with E-state index in [1.54, 1.807) is 25.1 Å². The summed E-state index contributed by atoms with van der Waals surface area (Å²) < 4.78 is 18.6. The van der Waals surface area contributed by atoms with Crippen LogP contribution >= 0.6 is 22.6 Å². The Morgan fingerprint density at radius 2 is 2.20 bits per heavy atom. The third-order valence-electron chi connectivity index (χ3n) is 2.47. The molecule has 20 heavy (non-hydrogen) atoms. The van der Waals surface area contributed by atoms with Gasteiger partial charge in [-0.3, -0.25) is 0 Å². The highest BCUT2D eigenvalue weighted by molar-refractivity contribution is 14.1. The summed E-state index contributed by atoms with van der Waals surface area (Å²) in [6.07, 6.45) is 1.44. The minimum Gasteiger partial charge on any atom is -0.462 e. The number of pyridine rings is 1. The fraction of sp³-hybridized carbons (Fsp3) is 0.143. The minimum atomic E-state index is -0.400. The van der Waals surface area contributed by atoms with E-state index in [1.807, 2.05) is 22.6 Å². The second-order valence-corrected chi connectivity index (χ2v) is 5.06. The van der Waals surface area contributed by atoms with Crippen LogP contribution in [0.15, 0.2) is 36.5 Å². The van der Waals surface area contributed by atoms with Gasteiger partial charge in [0.1, 0.15) is 11.6 Å². The molecular weight excluding hydrogens is 374 g/mol. The van der Waals surface area contributed by atoms with Crippen LogP contribution in [0.2, 0.25) is 0 Å². The van der Waals surface area contributed by atoms with Crippen LogP contribution in [0.25, 0.3) is 0 Å². The molecule has 1 aromatic heterocycles. The summed E-state index contributed by atoms with van der Waals surface area (Å²) in [6, 6.07) is 7.74. The van der Waals surface area contributed by atoms with E-state index >= 15 is 0 Å². The van der Waals surface area contributed by atoms with Crippen LogP contribution < -0.4 is 5.32 Å². The third kappa shape index (κ3) is 3.66. The van der Waals surface area contributed by atoms with Crippen molar-refractivity contribution in [2.75, 3.05) is 11.9 Å². The van der Waals surface area contributed by atoms with E-state index < -0.39 is 5.97 Å². The number of hydrogen-bond acceptors (Lipinski definition) is 4. The average Bonchev–Trinajstić information content (AvgIpc) is 2.43. The average molecular weight is 386 g/mol. The molecule has 0 atom stereocenters. The molecule has 6 heteroatoms. The summed E-state index contributed by atoms with van der Waals surface area (Å²) >= 11 is 2.04. The summed E-state index contributed by atoms with van der Waals surface area (Å²) in [7, 11) is 0. The molecule has 1 N–H and O–H groups in total. The maximum atomic E-state index is 13.0.